The zero-order chi connectivity index (χ0) is 20.7. The standard InChI is InChI=1S/C19H17F3N2O3S/c1-11-7-13(3)16(8-12(11)2)28(25,26)10-17-23-18(24-27-17)14-5-4-6-15(9-14)19(20,21)22/h4-9H,10H2,1-3H3. The van der Waals surface area contributed by atoms with Crippen LogP contribution in [0.5, 0.6) is 0 Å². The molecule has 5 nitrogen and oxygen atoms in total. The van der Waals surface area contributed by atoms with E-state index in [9.17, 15) is 21.6 Å². The van der Waals surface area contributed by atoms with E-state index in [1.807, 2.05) is 13.8 Å². The maximum absolute atomic E-state index is 12.9. The highest BCUT2D eigenvalue weighted by Crippen LogP contribution is 2.31. The van der Waals surface area contributed by atoms with Crippen LogP contribution in [0.1, 0.15) is 28.1 Å². The summed E-state index contributed by atoms with van der Waals surface area (Å²) < 4.78 is 69.0. The molecule has 9 heteroatoms. The van der Waals surface area contributed by atoms with Gasteiger partial charge < -0.3 is 4.52 Å². The molecule has 0 aliphatic heterocycles. The smallest absolute Gasteiger partial charge is 0.338 e. The highest BCUT2D eigenvalue weighted by atomic mass is 32.2. The van der Waals surface area contributed by atoms with E-state index in [-0.39, 0.29) is 22.2 Å². The number of aryl methyl sites for hydroxylation is 3. The molecule has 1 aromatic heterocycles. The molecular weight excluding hydrogens is 393 g/mol. The molecule has 0 radical (unpaired) electrons. The van der Waals surface area contributed by atoms with Crippen LogP contribution in [0.15, 0.2) is 45.8 Å². The van der Waals surface area contributed by atoms with E-state index < -0.39 is 27.3 Å². The molecule has 0 spiro atoms. The van der Waals surface area contributed by atoms with Gasteiger partial charge in [0.2, 0.25) is 11.7 Å². The minimum absolute atomic E-state index is 0.0876. The highest BCUT2D eigenvalue weighted by Gasteiger charge is 2.31. The largest absolute Gasteiger partial charge is 0.416 e. The maximum Gasteiger partial charge on any atom is 0.416 e. The second-order valence-corrected chi connectivity index (χ2v) is 8.51. The van der Waals surface area contributed by atoms with Crippen molar-refractivity contribution in [1.29, 1.82) is 0 Å². The lowest BCUT2D eigenvalue weighted by Crippen LogP contribution is -2.08. The molecule has 0 aliphatic rings. The van der Waals surface area contributed by atoms with Gasteiger partial charge in [0.05, 0.1) is 10.5 Å². The van der Waals surface area contributed by atoms with Gasteiger partial charge >= 0.3 is 6.18 Å². The van der Waals surface area contributed by atoms with Crippen LogP contribution in [-0.2, 0) is 21.8 Å². The van der Waals surface area contributed by atoms with E-state index >= 15 is 0 Å². The van der Waals surface area contributed by atoms with Crippen molar-refractivity contribution in [2.24, 2.45) is 0 Å². The van der Waals surface area contributed by atoms with E-state index in [1.54, 1.807) is 19.1 Å². The van der Waals surface area contributed by atoms with Gasteiger partial charge in [0.15, 0.2) is 9.84 Å². The molecule has 0 saturated heterocycles. The Morgan fingerprint density at radius 1 is 1.00 bits per heavy atom. The van der Waals surface area contributed by atoms with Crippen molar-refractivity contribution in [3.05, 3.63) is 64.5 Å². The summed E-state index contributed by atoms with van der Waals surface area (Å²) in [4.78, 5) is 4.12. The summed E-state index contributed by atoms with van der Waals surface area (Å²) in [5.74, 6) is -0.833. The van der Waals surface area contributed by atoms with Gasteiger partial charge in [-0.3, -0.25) is 0 Å². The number of nitrogens with zero attached hydrogens (tertiary/aromatic N) is 2. The number of sulfone groups is 1. The van der Waals surface area contributed by atoms with Crippen LogP contribution in [0.4, 0.5) is 13.2 Å². The predicted octanol–water partition coefficient (Wildman–Crippen LogP) is 4.65. The first-order valence-electron chi connectivity index (χ1n) is 8.28. The van der Waals surface area contributed by atoms with E-state index in [0.717, 1.165) is 23.3 Å². The Hall–Kier alpha value is -2.68. The molecule has 0 atom stereocenters. The third-order valence-corrected chi connectivity index (χ3v) is 6.09. The molecule has 0 saturated carbocycles. The number of halogens is 3. The van der Waals surface area contributed by atoms with Crippen molar-refractivity contribution in [3.8, 4) is 11.4 Å². The topological polar surface area (TPSA) is 73.1 Å². The average Bonchev–Trinajstić information content (AvgIpc) is 3.05. The quantitative estimate of drug-likeness (QED) is 0.626. The second-order valence-electron chi connectivity index (χ2n) is 6.55. The van der Waals surface area contributed by atoms with E-state index in [4.69, 9.17) is 4.52 Å². The molecule has 148 valence electrons. The normalized spacial score (nSPS) is 12.4. The third kappa shape index (κ3) is 4.09. The SMILES string of the molecule is Cc1cc(C)c(S(=O)(=O)Cc2nc(-c3cccc(C(F)(F)F)c3)no2)cc1C. The van der Waals surface area contributed by atoms with Crippen molar-refractivity contribution < 1.29 is 26.1 Å². The Kier molecular flexibility index (Phi) is 5.05. The summed E-state index contributed by atoms with van der Waals surface area (Å²) in [6.45, 7) is 5.39. The average molecular weight is 410 g/mol. The Morgan fingerprint density at radius 2 is 1.68 bits per heavy atom. The summed E-state index contributed by atoms with van der Waals surface area (Å²) >= 11 is 0. The van der Waals surface area contributed by atoms with Crippen LogP contribution in [0.2, 0.25) is 0 Å². The molecule has 0 fully saturated rings. The summed E-state index contributed by atoms with van der Waals surface area (Å²) in [5.41, 5.74) is 1.64. The summed E-state index contributed by atoms with van der Waals surface area (Å²) in [5, 5.41) is 3.62. The fraction of sp³-hybridized carbons (Fsp3) is 0.263. The fourth-order valence-electron chi connectivity index (χ4n) is 2.77. The van der Waals surface area contributed by atoms with E-state index in [1.165, 1.54) is 12.1 Å². The number of rotatable bonds is 4. The lowest BCUT2D eigenvalue weighted by atomic mass is 10.1. The van der Waals surface area contributed by atoms with E-state index in [0.29, 0.717) is 5.56 Å². The Balaban J connectivity index is 1.90. The summed E-state index contributed by atoms with van der Waals surface area (Å²) in [7, 11) is -3.76. The molecule has 1 heterocycles. The Morgan fingerprint density at radius 3 is 2.36 bits per heavy atom. The molecule has 2 aromatic carbocycles. The maximum atomic E-state index is 12.9. The molecule has 0 amide bonds. The number of aromatic nitrogens is 2. The lowest BCUT2D eigenvalue weighted by molar-refractivity contribution is -0.137. The van der Waals surface area contributed by atoms with Crippen LogP contribution in [0.25, 0.3) is 11.4 Å². The van der Waals surface area contributed by atoms with Gasteiger partial charge in [-0.1, -0.05) is 23.4 Å². The monoisotopic (exact) mass is 410 g/mol. The first-order chi connectivity index (χ1) is 13.0. The number of hydrogen-bond acceptors (Lipinski definition) is 5. The van der Waals surface area contributed by atoms with Crippen LogP contribution in [0.3, 0.4) is 0 Å². The van der Waals surface area contributed by atoms with Crippen molar-refractivity contribution in [2.75, 3.05) is 0 Å². The number of hydrogen-bond donors (Lipinski definition) is 0. The van der Waals surface area contributed by atoms with Gasteiger partial charge in [-0.15, -0.1) is 0 Å². The minimum Gasteiger partial charge on any atom is -0.338 e. The molecule has 3 aromatic rings. The van der Waals surface area contributed by atoms with Gasteiger partial charge in [0, 0.05) is 5.56 Å². The number of alkyl halides is 3. The van der Waals surface area contributed by atoms with Crippen LogP contribution in [-0.4, -0.2) is 18.6 Å². The number of benzene rings is 2. The van der Waals surface area contributed by atoms with Crippen LogP contribution in [0, 0.1) is 20.8 Å². The highest BCUT2D eigenvalue weighted by molar-refractivity contribution is 7.90. The van der Waals surface area contributed by atoms with Gasteiger partial charge in [-0.25, -0.2) is 8.42 Å². The fourth-order valence-corrected chi connectivity index (χ4v) is 4.28. The third-order valence-electron chi connectivity index (χ3n) is 4.36. The lowest BCUT2D eigenvalue weighted by Gasteiger charge is -2.09. The molecule has 0 aliphatic carbocycles. The molecule has 28 heavy (non-hydrogen) atoms. The van der Waals surface area contributed by atoms with Crippen LogP contribution < -0.4 is 0 Å². The van der Waals surface area contributed by atoms with Crippen molar-refractivity contribution >= 4 is 9.84 Å². The molecule has 0 N–H and O–H groups in total. The molecule has 0 unspecified atom stereocenters. The van der Waals surface area contributed by atoms with Gasteiger partial charge in [0.25, 0.3) is 0 Å². The second kappa shape index (κ2) is 7.05. The predicted molar refractivity (Wildman–Crippen MR) is 96.3 cm³/mol. The molecular formula is C19H17F3N2O3S. The summed E-state index contributed by atoms with van der Waals surface area (Å²) in [6.07, 6.45) is -4.51. The summed E-state index contributed by atoms with van der Waals surface area (Å²) in [6, 6.07) is 7.80. The zero-order valence-electron chi connectivity index (χ0n) is 15.3. The van der Waals surface area contributed by atoms with Gasteiger partial charge in [-0.2, -0.15) is 18.2 Å². The Bertz CT molecular complexity index is 1140. The minimum atomic E-state index is -4.51. The molecule has 0 bridgehead atoms. The van der Waals surface area contributed by atoms with Gasteiger partial charge in [-0.05, 0) is 55.7 Å². The first kappa shape index (κ1) is 20.1. The Labute approximate surface area is 160 Å². The van der Waals surface area contributed by atoms with Gasteiger partial charge in [0.1, 0.15) is 5.75 Å². The van der Waals surface area contributed by atoms with E-state index in [2.05, 4.69) is 10.1 Å². The van der Waals surface area contributed by atoms with Crippen molar-refractivity contribution in [2.45, 2.75) is 37.6 Å². The van der Waals surface area contributed by atoms with Crippen LogP contribution >= 0.6 is 0 Å². The van der Waals surface area contributed by atoms with Crippen molar-refractivity contribution in [3.63, 3.8) is 0 Å². The zero-order valence-corrected chi connectivity index (χ0v) is 16.1. The molecule has 3 rings (SSSR count). The van der Waals surface area contributed by atoms with Crippen molar-refractivity contribution in [1.82, 2.24) is 10.1 Å². The first-order valence-corrected chi connectivity index (χ1v) is 9.93.